The van der Waals surface area contributed by atoms with Crippen LogP contribution in [-0.2, 0) is 0 Å². The topological polar surface area (TPSA) is 36.4 Å². The minimum absolute atomic E-state index is 0. The molecule has 0 spiro atoms. The van der Waals surface area contributed by atoms with Gasteiger partial charge in [0.25, 0.3) is 5.91 Å². The lowest BCUT2D eigenvalue weighted by molar-refractivity contribution is 0.0985. The van der Waals surface area contributed by atoms with Crippen LogP contribution in [0.4, 0.5) is 5.13 Å². The van der Waals surface area contributed by atoms with Gasteiger partial charge in [-0.1, -0.05) is 35.6 Å². The van der Waals surface area contributed by atoms with Gasteiger partial charge in [0.2, 0.25) is 0 Å². The maximum Gasteiger partial charge on any atom is 0.260 e. The average molecular weight is 408 g/mol. The number of rotatable bonds is 6. The molecule has 0 atom stereocenters. The Hall–Kier alpha value is -1.60. The van der Waals surface area contributed by atoms with Crippen LogP contribution >= 0.6 is 35.5 Å². The van der Waals surface area contributed by atoms with Crippen molar-refractivity contribution in [3.05, 3.63) is 54.1 Å². The molecule has 3 rings (SSSR count). The first kappa shape index (κ1) is 20.7. The largest absolute Gasteiger partial charge is 0.308 e. The van der Waals surface area contributed by atoms with Crippen molar-refractivity contribution in [3.8, 4) is 0 Å². The van der Waals surface area contributed by atoms with E-state index < -0.39 is 0 Å². The number of hydrogen-bond donors (Lipinski definition) is 0. The third-order valence-electron chi connectivity index (χ3n) is 3.86. The van der Waals surface area contributed by atoms with Gasteiger partial charge in [-0.3, -0.25) is 9.69 Å². The molecule has 0 N–H and O–H groups in total. The summed E-state index contributed by atoms with van der Waals surface area (Å²) in [7, 11) is 4.02. The summed E-state index contributed by atoms with van der Waals surface area (Å²) in [6, 6.07) is 15.6. The molecule has 1 amide bonds. The maximum atomic E-state index is 13.1. The molecule has 0 bridgehead atoms. The van der Waals surface area contributed by atoms with E-state index in [1.165, 1.54) is 0 Å². The van der Waals surface area contributed by atoms with Gasteiger partial charge in [-0.05, 0) is 44.6 Å². The summed E-state index contributed by atoms with van der Waals surface area (Å²) in [6.07, 6.45) is 2.05. The van der Waals surface area contributed by atoms with Crippen molar-refractivity contribution in [2.24, 2.45) is 0 Å². The third-order valence-corrected chi connectivity index (χ3v) is 5.67. The Bertz CT molecular complexity index is 868. The Morgan fingerprint density at radius 3 is 2.46 bits per heavy atom. The first-order valence-corrected chi connectivity index (χ1v) is 10.1. The maximum absolute atomic E-state index is 13.1. The second-order valence-corrected chi connectivity index (χ2v) is 7.79. The molecular formula is C19H22ClN3OS2. The fraction of sp³-hybridized carbons (Fsp3) is 0.263. The van der Waals surface area contributed by atoms with Crippen LogP contribution in [0.15, 0.2) is 53.4 Å². The Kier molecular flexibility index (Phi) is 7.46. The van der Waals surface area contributed by atoms with Gasteiger partial charge in [0.05, 0.1) is 10.2 Å². The first-order chi connectivity index (χ1) is 12.1. The number of carbonyl (C=O) groups is 1. The number of hydrogen-bond acceptors (Lipinski definition) is 5. The standard InChI is InChI=1S/C19H21N3OS2.ClH/c1-21(2)12-13-22(18(23)14-8-5-4-6-9-14)19-20-17-15(24-3)10-7-11-16(17)25-19;/h4-11H,12-13H2,1-3H3;1H. The number of thioether (sulfide) groups is 1. The molecule has 1 heterocycles. The number of aromatic nitrogens is 1. The predicted molar refractivity (Wildman–Crippen MR) is 115 cm³/mol. The zero-order valence-electron chi connectivity index (χ0n) is 15.0. The van der Waals surface area contributed by atoms with E-state index in [1.807, 2.05) is 56.7 Å². The minimum Gasteiger partial charge on any atom is -0.308 e. The molecule has 26 heavy (non-hydrogen) atoms. The number of anilines is 1. The highest BCUT2D eigenvalue weighted by Gasteiger charge is 2.21. The van der Waals surface area contributed by atoms with E-state index in [0.29, 0.717) is 12.1 Å². The number of benzene rings is 2. The second kappa shape index (κ2) is 9.37. The Labute approximate surface area is 168 Å². The summed E-state index contributed by atoms with van der Waals surface area (Å²) < 4.78 is 1.11. The lowest BCUT2D eigenvalue weighted by Gasteiger charge is -2.22. The molecule has 0 aliphatic rings. The first-order valence-electron chi connectivity index (χ1n) is 8.05. The van der Waals surface area contributed by atoms with E-state index in [1.54, 1.807) is 28.0 Å². The number of likely N-dealkylation sites (N-methyl/N-ethyl adjacent to an activating group) is 1. The number of nitrogens with zero attached hydrogens (tertiary/aromatic N) is 3. The van der Waals surface area contributed by atoms with E-state index in [0.717, 1.165) is 26.8 Å². The molecule has 0 saturated carbocycles. The molecule has 7 heteroatoms. The zero-order chi connectivity index (χ0) is 17.8. The molecule has 4 nitrogen and oxygen atoms in total. The number of thiazole rings is 1. The number of halogens is 1. The van der Waals surface area contributed by atoms with Crippen LogP contribution in [0.1, 0.15) is 10.4 Å². The smallest absolute Gasteiger partial charge is 0.260 e. The molecule has 1 aromatic heterocycles. The SMILES string of the molecule is CSc1cccc2sc(N(CCN(C)C)C(=O)c3ccccc3)nc12.Cl. The lowest BCUT2D eigenvalue weighted by atomic mass is 10.2. The molecule has 0 saturated heterocycles. The van der Waals surface area contributed by atoms with Crippen LogP contribution in [0.25, 0.3) is 10.2 Å². The summed E-state index contributed by atoms with van der Waals surface area (Å²) >= 11 is 3.25. The summed E-state index contributed by atoms with van der Waals surface area (Å²) in [5, 5.41) is 0.757. The fourth-order valence-electron chi connectivity index (χ4n) is 2.51. The van der Waals surface area contributed by atoms with Gasteiger partial charge in [-0.25, -0.2) is 4.98 Å². The van der Waals surface area contributed by atoms with Crippen LogP contribution in [0.3, 0.4) is 0 Å². The number of fused-ring (bicyclic) bond motifs is 1. The summed E-state index contributed by atoms with van der Waals surface area (Å²) in [5.74, 6) is -0.00722. The van der Waals surface area contributed by atoms with Gasteiger partial charge in [-0.2, -0.15) is 0 Å². The van der Waals surface area contributed by atoms with Gasteiger partial charge in [0.1, 0.15) is 0 Å². The normalized spacial score (nSPS) is 10.8. The van der Waals surface area contributed by atoms with Crippen LogP contribution in [0, 0.1) is 0 Å². The van der Waals surface area contributed by atoms with Gasteiger partial charge >= 0.3 is 0 Å². The zero-order valence-corrected chi connectivity index (χ0v) is 17.5. The highest BCUT2D eigenvalue weighted by atomic mass is 35.5. The van der Waals surface area contributed by atoms with Crippen molar-refractivity contribution in [2.45, 2.75) is 4.90 Å². The van der Waals surface area contributed by atoms with Crippen molar-refractivity contribution in [3.63, 3.8) is 0 Å². The van der Waals surface area contributed by atoms with E-state index >= 15 is 0 Å². The number of amides is 1. The average Bonchev–Trinajstić information content (AvgIpc) is 3.06. The predicted octanol–water partition coefficient (Wildman–Crippen LogP) is 4.65. The van der Waals surface area contributed by atoms with Gasteiger partial charge in [0.15, 0.2) is 5.13 Å². The summed E-state index contributed by atoms with van der Waals surface area (Å²) in [6.45, 7) is 1.39. The third kappa shape index (κ3) is 4.57. The Morgan fingerprint density at radius 1 is 1.08 bits per heavy atom. The van der Waals surface area contributed by atoms with E-state index in [4.69, 9.17) is 4.98 Å². The Balaban J connectivity index is 0.00000243. The molecule has 3 aromatic rings. The number of para-hydroxylation sites is 1. The van der Waals surface area contributed by atoms with E-state index in [2.05, 4.69) is 17.0 Å². The number of carbonyl (C=O) groups excluding carboxylic acids is 1. The molecule has 0 unspecified atom stereocenters. The van der Waals surface area contributed by atoms with Crippen molar-refractivity contribution in [1.29, 1.82) is 0 Å². The highest BCUT2D eigenvalue weighted by Crippen LogP contribution is 2.34. The molecule has 2 aromatic carbocycles. The monoisotopic (exact) mass is 407 g/mol. The lowest BCUT2D eigenvalue weighted by Crippen LogP contribution is -2.36. The fourth-order valence-corrected chi connectivity index (χ4v) is 4.16. The van der Waals surface area contributed by atoms with E-state index in [9.17, 15) is 4.79 Å². The molecule has 0 aliphatic heterocycles. The molecule has 0 aliphatic carbocycles. The van der Waals surface area contributed by atoms with Crippen molar-refractivity contribution < 1.29 is 4.79 Å². The second-order valence-electron chi connectivity index (χ2n) is 5.93. The molecule has 0 fully saturated rings. The quantitative estimate of drug-likeness (QED) is 0.557. The van der Waals surface area contributed by atoms with E-state index in [-0.39, 0.29) is 18.3 Å². The molecule has 138 valence electrons. The van der Waals surface area contributed by atoms with Gasteiger partial charge < -0.3 is 4.90 Å². The van der Waals surface area contributed by atoms with Crippen LogP contribution in [0.5, 0.6) is 0 Å². The Morgan fingerprint density at radius 2 is 1.81 bits per heavy atom. The van der Waals surface area contributed by atoms with Crippen LogP contribution in [-0.4, -0.2) is 49.2 Å². The van der Waals surface area contributed by atoms with Crippen molar-refractivity contribution in [2.75, 3.05) is 38.3 Å². The highest BCUT2D eigenvalue weighted by molar-refractivity contribution is 7.98. The van der Waals surface area contributed by atoms with Crippen molar-refractivity contribution >= 4 is 56.8 Å². The van der Waals surface area contributed by atoms with Crippen molar-refractivity contribution in [1.82, 2.24) is 9.88 Å². The minimum atomic E-state index is -0.00722. The molecule has 0 radical (unpaired) electrons. The van der Waals surface area contributed by atoms with Gasteiger partial charge in [0, 0.05) is 23.5 Å². The van der Waals surface area contributed by atoms with Gasteiger partial charge in [-0.15, -0.1) is 24.2 Å². The van der Waals surface area contributed by atoms with Crippen LogP contribution < -0.4 is 4.90 Å². The summed E-state index contributed by atoms with van der Waals surface area (Å²) in [4.78, 5) is 22.9. The molecular weight excluding hydrogens is 386 g/mol. The summed E-state index contributed by atoms with van der Waals surface area (Å²) in [5.41, 5.74) is 1.66. The van der Waals surface area contributed by atoms with Crippen LogP contribution in [0.2, 0.25) is 0 Å².